The van der Waals surface area contributed by atoms with Gasteiger partial charge in [-0.1, -0.05) is 13.8 Å². The van der Waals surface area contributed by atoms with Crippen molar-refractivity contribution < 1.29 is 9.15 Å². The summed E-state index contributed by atoms with van der Waals surface area (Å²) in [6.07, 6.45) is 2.63. The average Bonchev–Trinajstić information content (AvgIpc) is 3.16. The van der Waals surface area contributed by atoms with Crippen LogP contribution in [0.15, 0.2) is 16.5 Å². The fraction of sp³-hybridized carbons (Fsp3) is 0.750. The molecule has 1 saturated carbocycles. The van der Waals surface area contributed by atoms with Gasteiger partial charge in [-0.05, 0) is 37.4 Å². The molecule has 0 spiro atoms. The fourth-order valence-corrected chi connectivity index (χ4v) is 2.33. The molecule has 0 saturated heterocycles. The topological polar surface area (TPSA) is 37.6 Å². The van der Waals surface area contributed by atoms with E-state index in [2.05, 4.69) is 36.2 Å². The van der Waals surface area contributed by atoms with Crippen LogP contribution in [0, 0.1) is 5.92 Å². The largest absolute Gasteiger partial charge is 0.463 e. The van der Waals surface area contributed by atoms with E-state index >= 15 is 0 Å². The zero-order chi connectivity index (χ0) is 14.4. The molecule has 2 rings (SSSR count). The molecule has 1 fully saturated rings. The summed E-state index contributed by atoms with van der Waals surface area (Å²) in [7, 11) is 1.76. The Morgan fingerprint density at radius 2 is 2.10 bits per heavy atom. The molecule has 4 nitrogen and oxygen atoms in total. The highest BCUT2D eigenvalue weighted by molar-refractivity contribution is 5.07. The first-order valence-electron chi connectivity index (χ1n) is 7.70. The van der Waals surface area contributed by atoms with Crippen molar-refractivity contribution in [3.8, 4) is 0 Å². The molecule has 20 heavy (non-hydrogen) atoms. The van der Waals surface area contributed by atoms with Gasteiger partial charge in [-0.3, -0.25) is 4.90 Å². The third-order valence-electron chi connectivity index (χ3n) is 3.57. The second-order valence-corrected chi connectivity index (χ2v) is 6.09. The molecular formula is C16H28N2O2. The highest BCUT2D eigenvalue weighted by Crippen LogP contribution is 2.28. The van der Waals surface area contributed by atoms with Crippen molar-refractivity contribution in [1.29, 1.82) is 0 Å². The molecule has 0 bridgehead atoms. The van der Waals surface area contributed by atoms with Gasteiger partial charge in [0, 0.05) is 19.7 Å². The van der Waals surface area contributed by atoms with Crippen LogP contribution < -0.4 is 5.32 Å². The quantitative estimate of drug-likeness (QED) is 0.715. The molecular weight excluding hydrogens is 252 g/mol. The number of hydrogen-bond acceptors (Lipinski definition) is 4. The first-order chi connectivity index (χ1) is 9.69. The number of furan rings is 1. The molecule has 0 radical (unpaired) electrons. The highest BCUT2D eigenvalue weighted by atomic mass is 16.5. The number of methoxy groups -OCH3 is 1. The van der Waals surface area contributed by atoms with E-state index in [-0.39, 0.29) is 0 Å². The van der Waals surface area contributed by atoms with Crippen LogP contribution in [-0.2, 0) is 17.8 Å². The molecule has 0 atom stereocenters. The maximum atomic E-state index is 5.91. The molecule has 4 heteroatoms. The maximum absolute atomic E-state index is 5.91. The van der Waals surface area contributed by atoms with Crippen LogP contribution >= 0.6 is 0 Å². The Hall–Kier alpha value is -0.840. The summed E-state index contributed by atoms with van der Waals surface area (Å²) < 4.78 is 11.1. The van der Waals surface area contributed by atoms with Crippen molar-refractivity contribution in [2.75, 3.05) is 26.8 Å². The molecule has 1 heterocycles. The minimum atomic E-state index is 0.670. The summed E-state index contributed by atoms with van der Waals surface area (Å²) in [5, 5.41) is 3.41. The van der Waals surface area contributed by atoms with Gasteiger partial charge >= 0.3 is 0 Å². The Morgan fingerprint density at radius 1 is 1.35 bits per heavy atom. The first-order valence-corrected chi connectivity index (χ1v) is 7.70. The van der Waals surface area contributed by atoms with Gasteiger partial charge in [-0.15, -0.1) is 0 Å². The van der Waals surface area contributed by atoms with Crippen molar-refractivity contribution in [2.24, 2.45) is 5.92 Å². The van der Waals surface area contributed by atoms with Gasteiger partial charge in [0.2, 0.25) is 0 Å². The van der Waals surface area contributed by atoms with Gasteiger partial charge in [0.25, 0.3) is 0 Å². The predicted molar refractivity (Wildman–Crippen MR) is 80.6 cm³/mol. The third kappa shape index (κ3) is 5.27. The van der Waals surface area contributed by atoms with Crippen LogP contribution in [0.1, 0.15) is 38.2 Å². The second kappa shape index (κ2) is 7.81. The number of rotatable bonds is 10. The summed E-state index contributed by atoms with van der Waals surface area (Å²) in [5.74, 6) is 2.77. The molecule has 0 aliphatic heterocycles. The monoisotopic (exact) mass is 280 g/mol. The van der Waals surface area contributed by atoms with E-state index < -0.39 is 0 Å². The second-order valence-electron chi connectivity index (χ2n) is 6.09. The smallest absolute Gasteiger partial charge is 0.118 e. The number of ether oxygens (including phenoxy) is 1. The average molecular weight is 280 g/mol. The molecule has 1 aromatic rings. The Labute approximate surface area is 122 Å². The Bertz CT molecular complexity index is 386. The van der Waals surface area contributed by atoms with Crippen LogP contribution in [-0.4, -0.2) is 37.7 Å². The summed E-state index contributed by atoms with van der Waals surface area (Å²) in [6.45, 7) is 8.95. The highest BCUT2D eigenvalue weighted by Gasteiger charge is 2.29. The van der Waals surface area contributed by atoms with E-state index in [1.165, 1.54) is 12.8 Å². The normalized spacial score (nSPS) is 15.4. The number of nitrogens with zero attached hydrogens (tertiary/aromatic N) is 1. The van der Waals surface area contributed by atoms with E-state index in [9.17, 15) is 0 Å². The van der Waals surface area contributed by atoms with Crippen LogP contribution in [0.25, 0.3) is 0 Å². The standard InChI is InChI=1S/C16H28N2O2/c1-13(2)10-17-11-15-6-7-16(20-15)12-18(8-9-19-3)14-4-5-14/h6-7,13-14,17H,4-5,8-12H2,1-3H3. The van der Waals surface area contributed by atoms with Crippen LogP contribution in [0.2, 0.25) is 0 Å². The van der Waals surface area contributed by atoms with Crippen molar-refractivity contribution >= 4 is 0 Å². The van der Waals surface area contributed by atoms with Gasteiger partial charge in [0.05, 0.1) is 19.7 Å². The first kappa shape index (κ1) is 15.5. The van der Waals surface area contributed by atoms with Crippen molar-refractivity contribution in [1.82, 2.24) is 10.2 Å². The summed E-state index contributed by atoms with van der Waals surface area (Å²) in [6, 6.07) is 4.93. The van der Waals surface area contributed by atoms with Crippen molar-refractivity contribution in [2.45, 2.75) is 45.8 Å². The van der Waals surface area contributed by atoms with Gasteiger partial charge in [-0.25, -0.2) is 0 Å². The Morgan fingerprint density at radius 3 is 2.75 bits per heavy atom. The minimum absolute atomic E-state index is 0.670. The van der Waals surface area contributed by atoms with Crippen LogP contribution in [0.3, 0.4) is 0 Å². The van der Waals surface area contributed by atoms with Crippen molar-refractivity contribution in [3.63, 3.8) is 0 Å². The van der Waals surface area contributed by atoms with E-state index in [0.717, 1.165) is 50.3 Å². The SMILES string of the molecule is COCCN(Cc1ccc(CNCC(C)C)o1)C1CC1. The summed E-state index contributed by atoms with van der Waals surface area (Å²) >= 11 is 0. The van der Waals surface area contributed by atoms with Crippen LogP contribution in [0.4, 0.5) is 0 Å². The molecule has 0 unspecified atom stereocenters. The number of nitrogens with one attached hydrogen (secondary N) is 1. The molecule has 1 aromatic heterocycles. The molecule has 0 amide bonds. The molecule has 1 aliphatic rings. The fourth-order valence-electron chi connectivity index (χ4n) is 2.33. The molecule has 114 valence electrons. The third-order valence-corrected chi connectivity index (χ3v) is 3.57. The lowest BCUT2D eigenvalue weighted by Gasteiger charge is -2.20. The van der Waals surface area contributed by atoms with E-state index in [1.807, 2.05) is 0 Å². The lowest BCUT2D eigenvalue weighted by atomic mass is 10.2. The van der Waals surface area contributed by atoms with Crippen molar-refractivity contribution in [3.05, 3.63) is 23.7 Å². The predicted octanol–water partition coefficient (Wildman–Crippen LogP) is 2.64. The summed E-state index contributed by atoms with van der Waals surface area (Å²) in [5.41, 5.74) is 0. The van der Waals surface area contributed by atoms with Gasteiger partial charge < -0.3 is 14.5 Å². The molecule has 0 aromatic carbocycles. The van der Waals surface area contributed by atoms with E-state index in [0.29, 0.717) is 5.92 Å². The maximum Gasteiger partial charge on any atom is 0.118 e. The Kier molecular flexibility index (Phi) is 6.07. The van der Waals surface area contributed by atoms with E-state index in [1.54, 1.807) is 7.11 Å². The summed E-state index contributed by atoms with van der Waals surface area (Å²) in [4.78, 5) is 2.47. The zero-order valence-electron chi connectivity index (χ0n) is 13.0. The van der Waals surface area contributed by atoms with Gasteiger partial charge in [0.15, 0.2) is 0 Å². The minimum Gasteiger partial charge on any atom is -0.463 e. The lowest BCUT2D eigenvalue weighted by molar-refractivity contribution is 0.134. The van der Waals surface area contributed by atoms with Gasteiger partial charge in [0.1, 0.15) is 11.5 Å². The Balaban J connectivity index is 1.78. The lowest BCUT2D eigenvalue weighted by Crippen LogP contribution is -2.28. The molecule has 1 N–H and O–H groups in total. The zero-order valence-corrected chi connectivity index (χ0v) is 13.0. The molecule has 1 aliphatic carbocycles. The van der Waals surface area contributed by atoms with E-state index in [4.69, 9.17) is 9.15 Å². The number of hydrogen-bond donors (Lipinski definition) is 1. The van der Waals surface area contributed by atoms with Gasteiger partial charge in [-0.2, -0.15) is 0 Å². The van der Waals surface area contributed by atoms with Crippen LogP contribution in [0.5, 0.6) is 0 Å².